The number of guanidine groups is 1. The molecule has 0 unspecified atom stereocenters. The number of halogens is 2. The van der Waals surface area contributed by atoms with Gasteiger partial charge in [-0.3, -0.25) is 0 Å². The maximum atomic E-state index is 13.1. The first-order valence-corrected chi connectivity index (χ1v) is 9.92. The molecule has 1 aliphatic heterocycles. The fourth-order valence-electron chi connectivity index (χ4n) is 3.26. The summed E-state index contributed by atoms with van der Waals surface area (Å²) in [6, 6.07) is 10.8. The van der Waals surface area contributed by atoms with Gasteiger partial charge in [0.05, 0.1) is 6.54 Å². The Bertz CT molecular complexity index is 767. The van der Waals surface area contributed by atoms with Gasteiger partial charge in [0.15, 0.2) is 5.96 Å². The van der Waals surface area contributed by atoms with Crippen LogP contribution >= 0.6 is 24.0 Å². The fraction of sp³-hybridized carbons (Fsp3) is 0.429. The molecule has 0 aliphatic carbocycles. The van der Waals surface area contributed by atoms with Crippen molar-refractivity contribution in [3.8, 4) is 0 Å². The molecule has 0 atom stereocenters. The van der Waals surface area contributed by atoms with Gasteiger partial charge in [-0.2, -0.15) is 0 Å². The van der Waals surface area contributed by atoms with Gasteiger partial charge in [-0.05, 0) is 55.8 Å². The zero-order valence-corrected chi connectivity index (χ0v) is 19.4. The Labute approximate surface area is 189 Å². The van der Waals surface area contributed by atoms with Crippen molar-refractivity contribution in [3.63, 3.8) is 0 Å². The van der Waals surface area contributed by atoms with E-state index in [-0.39, 0.29) is 29.8 Å². The summed E-state index contributed by atoms with van der Waals surface area (Å²) in [7, 11) is 0. The minimum atomic E-state index is -0.197. The molecular weight excluding hydrogens is 482 g/mol. The standard InChI is InChI=1S/C21H29FN6.HI/c1-3-23-21(24-4-2)26-16-17-9-10-25-20(15-17)28-13-11-27(12-14-28)19-7-5-18(22)6-8-19;/h5-10,15H,3-4,11-14,16H2,1-2H3,(H2,23,24,26);1H. The third-order valence-electron chi connectivity index (χ3n) is 4.71. The summed E-state index contributed by atoms with van der Waals surface area (Å²) in [5.41, 5.74) is 2.20. The van der Waals surface area contributed by atoms with E-state index in [0.717, 1.165) is 62.3 Å². The van der Waals surface area contributed by atoms with E-state index in [1.807, 2.05) is 24.4 Å². The first-order valence-electron chi connectivity index (χ1n) is 9.92. The van der Waals surface area contributed by atoms with E-state index in [2.05, 4.69) is 50.3 Å². The van der Waals surface area contributed by atoms with E-state index in [4.69, 9.17) is 0 Å². The number of nitrogens with zero attached hydrogens (tertiary/aromatic N) is 4. The molecule has 6 nitrogen and oxygen atoms in total. The third-order valence-corrected chi connectivity index (χ3v) is 4.71. The summed E-state index contributed by atoms with van der Waals surface area (Å²) in [6.07, 6.45) is 1.85. The quantitative estimate of drug-likeness (QED) is 0.354. The van der Waals surface area contributed by atoms with E-state index >= 15 is 0 Å². The Morgan fingerprint density at radius 1 is 1.00 bits per heavy atom. The van der Waals surface area contributed by atoms with E-state index < -0.39 is 0 Å². The maximum absolute atomic E-state index is 13.1. The van der Waals surface area contributed by atoms with Gasteiger partial charge < -0.3 is 20.4 Å². The molecule has 0 spiro atoms. The van der Waals surface area contributed by atoms with E-state index in [0.29, 0.717) is 6.54 Å². The summed E-state index contributed by atoms with van der Waals surface area (Å²) in [5.74, 6) is 1.62. The van der Waals surface area contributed by atoms with Crippen LogP contribution in [0.5, 0.6) is 0 Å². The molecule has 1 aromatic heterocycles. The monoisotopic (exact) mass is 512 g/mol. The third kappa shape index (κ3) is 6.73. The summed E-state index contributed by atoms with van der Waals surface area (Å²) < 4.78 is 13.1. The van der Waals surface area contributed by atoms with Crippen LogP contribution in [0.2, 0.25) is 0 Å². The van der Waals surface area contributed by atoms with Crippen LogP contribution in [0.3, 0.4) is 0 Å². The van der Waals surface area contributed by atoms with Gasteiger partial charge in [0.25, 0.3) is 0 Å². The predicted octanol–water partition coefficient (Wildman–Crippen LogP) is 3.24. The van der Waals surface area contributed by atoms with E-state index in [1.165, 1.54) is 12.1 Å². The molecule has 1 aliphatic rings. The Morgan fingerprint density at radius 2 is 1.62 bits per heavy atom. The van der Waals surface area contributed by atoms with E-state index in [9.17, 15) is 4.39 Å². The maximum Gasteiger partial charge on any atom is 0.191 e. The van der Waals surface area contributed by atoms with E-state index in [1.54, 1.807) is 0 Å². The van der Waals surface area contributed by atoms with Gasteiger partial charge in [0.2, 0.25) is 0 Å². The largest absolute Gasteiger partial charge is 0.368 e. The fourth-order valence-corrected chi connectivity index (χ4v) is 3.26. The smallest absolute Gasteiger partial charge is 0.191 e. The highest BCUT2D eigenvalue weighted by Crippen LogP contribution is 2.20. The molecule has 2 N–H and O–H groups in total. The Morgan fingerprint density at radius 3 is 2.24 bits per heavy atom. The number of anilines is 2. The van der Waals surface area contributed by atoms with Crippen LogP contribution in [-0.2, 0) is 6.54 Å². The molecule has 0 amide bonds. The number of pyridine rings is 1. The molecule has 158 valence electrons. The molecule has 1 saturated heterocycles. The van der Waals surface area contributed by atoms with Crippen molar-refractivity contribution in [3.05, 3.63) is 54.0 Å². The summed E-state index contributed by atoms with van der Waals surface area (Å²) in [5, 5.41) is 6.48. The van der Waals surface area contributed by atoms with Crippen molar-refractivity contribution in [2.45, 2.75) is 20.4 Å². The lowest BCUT2D eigenvalue weighted by Crippen LogP contribution is -2.46. The topological polar surface area (TPSA) is 55.8 Å². The number of hydrogen-bond donors (Lipinski definition) is 2. The highest BCUT2D eigenvalue weighted by atomic mass is 127. The van der Waals surface area contributed by atoms with Crippen molar-refractivity contribution in [2.24, 2.45) is 4.99 Å². The number of aromatic nitrogens is 1. The van der Waals surface area contributed by atoms with Crippen molar-refractivity contribution in [1.82, 2.24) is 15.6 Å². The minimum Gasteiger partial charge on any atom is -0.368 e. The van der Waals surface area contributed by atoms with Crippen LogP contribution in [0.25, 0.3) is 0 Å². The number of benzene rings is 1. The molecule has 2 aromatic rings. The van der Waals surface area contributed by atoms with Crippen LogP contribution in [0.15, 0.2) is 47.6 Å². The van der Waals surface area contributed by atoms with Crippen molar-refractivity contribution in [1.29, 1.82) is 0 Å². The molecule has 2 heterocycles. The molecular formula is C21H30FIN6. The summed E-state index contributed by atoms with van der Waals surface area (Å²) >= 11 is 0. The second-order valence-electron chi connectivity index (χ2n) is 6.70. The van der Waals surface area contributed by atoms with Gasteiger partial charge in [-0.15, -0.1) is 24.0 Å². The predicted molar refractivity (Wildman–Crippen MR) is 129 cm³/mol. The first kappa shape index (κ1) is 23.2. The summed E-state index contributed by atoms with van der Waals surface area (Å²) in [4.78, 5) is 13.8. The number of aliphatic imine (C=N–C) groups is 1. The normalized spacial score (nSPS) is 13.5. The van der Waals surface area contributed by atoms with Crippen LogP contribution in [0.1, 0.15) is 19.4 Å². The Balaban J connectivity index is 0.00000300. The van der Waals surface area contributed by atoms with Crippen LogP contribution in [0.4, 0.5) is 15.9 Å². The van der Waals surface area contributed by atoms with Crippen molar-refractivity contribution < 1.29 is 4.39 Å². The molecule has 1 fully saturated rings. The molecule has 8 heteroatoms. The molecule has 29 heavy (non-hydrogen) atoms. The Kier molecular flexibility index (Phi) is 9.43. The number of nitrogens with one attached hydrogen (secondary N) is 2. The van der Waals surface area contributed by atoms with Crippen LogP contribution in [-0.4, -0.2) is 50.2 Å². The number of piperazine rings is 1. The lowest BCUT2D eigenvalue weighted by atomic mass is 10.2. The second kappa shape index (κ2) is 11.8. The van der Waals surface area contributed by atoms with Gasteiger partial charge in [-0.25, -0.2) is 14.4 Å². The van der Waals surface area contributed by atoms with Crippen molar-refractivity contribution in [2.75, 3.05) is 49.1 Å². The highest BCUT2D eigenvalue weighted by molar-refractivity contribution is 14.0. The number of hydrogen-bond acceptors (Lipinski definition) is 4. The number of rotatable bonds is 6. The first-order chi connectivity index (χ1) is 13.7. The average Bonchev–Trinajstić information content (AvgIpc) is 2.73. The SMILES string of the molecule is CCNC(=NCc1ccnc(N2CCN(c3ccc(F)cc3)CC2)c1)NCC.I. The molecule has 0 bridgehead atoms. The highest BCUT2D eigenvalue weighted by Gasteiger charge is 2.18. The minimum absolute atomic E-state index is 0. The van der Waals surface area contributed by atoms with Gasteiger partial charge in [0.1, 0.15) is 11.6 Å². The molecule has 1 aromatic carbocycles. The lowest BCUT2D eigenvalue weighted by molar-refractivity contribution is 0.624. The molecule has 0 saturated carbocycles. The zero-order valence-electron chi connectivity index (χ0n) is 17.1. The summed E-state index contributed by atoms with van der Waals surface area (Å²) in [6.45, 7) is 9.96. The van der Waals surface area contributed by atoms with Gasteiger partial charge >= 0.3 is 0 Å². The second-order valence-corrected chi connectivity index (χ2v) is 6.70. The van der Waals surface area contributed by atoms with Crippen molar-refractivity contribution >= 4 is 41.4 Å². The van der Waals surface area contributed by atoms with Gasteiger partial charge in [0, 0.05) is 51.2 Å². The average molecular weight is 512 g/mol. The molecule has 0 radical (unpaired) electrons. The Hall–Kier alpha value is -2.10. The van der Waals surface area contributed by atoms with Gasteiger partial charge in [-0.1, -0.05) is 0 Å². The van der Waals surface area contributed by atoms with Crippen LogP contribution in [0, 0.1) is 5.82 Å². The van der Waals surface area contributed by atoms with Crippen LogP contribution < -0.4 is 20.4 Å². The lowest BCUT2D eigenvalue weighted by Gasteiger charge is -2.36. The zero-order chi connectivity index (χ0) is 19.8. The molecule has 3 rings (SSSR count).